The number of halogens is 1. The second kappa shape index (κ2) is 8.35. The molecule has 0 saturated carbocycles. The molecule has 1 fully saturated rings. The third-order valence-corrected chi connectivity index (χ3v) is 4.58. The molecule has 2 aromatic rings. The van der Waals surface area contributed by atoms with Gasteiger partial charge in [-0.1, -0.05) is 11.6 Å². The molecule has 2 aromatic carbocycles. The summed E-state index contributed by atoms with van der Waals surface area (Å²) in [5, 5.41) is 39.3. The van der Waals surface area contributed by atoms with Gasteiger partial charge in [-0.2, -0.15) is 0 Å². The normalized spacial score (nSPS) is 28.0. The molecular weight excluding hydrogens is 376 g/mol. The van der Waals surface area contributed by atoms with E-state index >= 15 is 0 Å². The van der Waals surface area contributed by atoms with Crippen LogP contribution in [-0.4, -0.2) is 63.5 Å². The quantitative estimate of drug-likeness (QED) is 0.553. The smallest absolute Gasteiger partial charge is 0.229 e. The number of hydrogen-bond donors (Lipinski definition) is 4. The summed E-state index contributed by atoms with van der Waals surface area (Å²) in [6, 6.07) is 12.7. The van der Waals surface area contributed by atoms with E-state index in [4.69, 9.17) is 21.1 Å². The maximum atomic E-state index is 12.4. The Bertz CT molecular complexity index is 776. The predicted octanol–water partition coefficient (Wildman–Crippen LogP) is 0.750. The average Bonchev–Trinajstić information content (AvgIpc) is 2.69. The first kappa shape index (κ1) is 19.8. The topological polar surface area (TPSA) is 116 Å². The highest BCUT2D eigenvalue weighted by atomic mass is 35.5. The molecule has 0 amide bonds. The number of carbonyl (C=O) groups is 1. The van der Waals surface area contributed by atoms with Crippen molar-refractivity contribution in [2.24, 2.45) is 0 Å². The minimum Gasteiger partial charge on any atom is -0.462 e. The van der Waals surface area contributed by atoms with Crippen molar-refractivity contribution in [3.8, 4) is 5.75 Å². The van der Waals surface area contributed by atoms with Crippen molar-refractivity contribution in [2.45, 2.75) is 30.7 Å². The van der Waals surface area contributed by atoms with E-state index in [1.165, 1.54) is 12.1 Å². The van der Waals surface area contributed by atoms with Crippen molar-refractivity contribution in [3.05, 3.63) is 64.7 Å². The minimum atomic E-state index is -1.52. The van der Waals surface area contributed by atoms with Crippen molar-refractivity contribution in [2.75, 3.05) is 6.61 Å². The largest absolute Gasteiger partial charge is 0.462 e. The summed E-state index contributed by atoms with van der Waals surface area (Å²) in [5.74, 6) is 0.0954. The molecule has 144 valence electrons. The van der Waals surface area contributed by atoms with Crippen molar-refractivity contribution in [1.82, 2.24) is 0 Å². The molecule has 0 bridgehead atoms. The van der Waals surface area contributed by atoms with Crippen molar-refractivity contribution in [3.63, 3.8) is 0 Å². The zero-order chi connectivity index (χ0) is 19.6. The first-order chi connectivity index (χ1) is 12.9. The summed E-state index contributed by atoms with van der Waals surface area (Å²) < 4.78 is 10.8. The maximum absolute atomic E-state index is 12.4. The number of aliphatic hydroxyl groups is 4. The number of hydrogen-bond acceptors (Lipinski definition) is 7. The Hall–Kier alpha value is -2.00. The lowest BCUT2D eigenvalue weighted by Crippen LogP contribution is -2.60. The summed E-state index contributed by atoms with van der Waals surface area (Å²) in [7, 11) is 0. The monoisotopic (exact) mass is 394 g/mol. The lowest BCUT2D eigenvalue weighted by molar-refractivity contribution is -0.277. The van der Waals surface area contributed by atoms with Gasteiger partial charge in [-0.05, 0) is 48.5 Å². The van der Waals surface area contributed by atoms with E-state index in [-0.39, 0.29) is 11.5 Å². The van der Waals surface area contributed by atoms with Crippen molar-refractivity contribution >= 4 is 17.4 Å². The van der Waals surface area contributed by atoms with Crippen LogP contribution in [-0.2, 0) is 4.74 Å². The highest BCUT2D eigenvalue weighted by Crippen LogP contribution is 2.25. The fraction of sp³-hybridized carbons (Fsp3) is 0.316. The lowest BCUT2D eigenvalue weighted by atomic mass is 9.99. The van der Waals surface area contributed by atoms with Crippen LogP contribution in [0.5, 0.6) is 5.75 Å². The van der Waals surface area contributed by atoms with E-state index < -0.39 is 37.3 Å². The highest BCUT2D eigenvalue weighted by Gasteiger charge is 2.44. The number of ketones is 1. The van der Waals surface area contributed by atoms with Crippen LogP contribution in [0.25, 0.3) is 0 Å². The third kappa shape index (κ3) is 4.30. The average molecular weight is 395 g/mol. The van der Waals surface area contributed by atoms with Crippen LogP contribution in [0.1, 0.15) is 15.9 Å². The fourth-order valence-corrected chi connectivity index (χ4v) is 2.88. The molecule has 3 rings (SSSR count). The van der Waals surface area contributed by atoms with Crippen LogP contribution in [0.2, 0.25) is 5.02 Å². The fourth-order valence-electron chi connectivity index (χ4n) is 2.75. The second-order valence-corrected chi connectivity index (χ2v) is 6.61. The molecule has 0 radical (unpaired) electrons. The van der Waals surface area contributed by atoms with E-state index in [1.807, 2.05) is 0 Å². The van der Waals surface area contributed by atoms with Crippen LogP contribution in [0.4, 0.5) is 0 Å². The molecule has 0 spiro atoms. The van der Waals surface area contributed by atoms with Crippen LogP contribution in [0, 0.1) is 0 Å². The Morgan fingerprint density at radius 1 is 0.926 bits per heavy atom. The highest BCUT2D eigenvalue weighted by molar-refractivity contribution is 6.30. The van der Waals surface area contributed by atoms with Gasteiger partial charge >= 0.3 is 0 Å². The van der Waals surface area contributed by atoms with Gasteiger partial charge in [0.05, 0.1) is 6.61 Å². The zero-order valence-electron chi connectivity index (χ0n) is 14.1. The number of carbonyl (C=O) groups excluding carboxylic acids is 1. The van der Waals surface area contributed by atoms with E-state index in [1.54, 1.807) is 36.4 Å². The molecular formula is C19H19ClO7. The molecule has 0 unspecified atom stereocenters. The van der Waals surface area contributed by atoms with Crippen molar-refractivity contribution in [1.29, 1.82) is 0 Å². The molecule has 0 aromatic heterocycles. The van der Waals surface area contributed by atoms with Gasteiger partial charge in [-0.25, -0.2) is 0 Å². The molecule has 4 N–H and O–H groups in total. The number of ether oxygens (including phenoxy) is 2. The van der Waals surface area contributed by atoms with E-state index in [2.05, 4.69) is 0 Å². The van der Waals surface area contributed by atoms with Gasteiger partial charge in [0.2, 0.25) is 6.29 Å². The Balaban J connectivity index is 1.70. The summed E-state index contributed by atoms with van der Waals surface area (Å²) in [4.78, 5) is 12.4. The van der Waals surface area contributed by atoms with E-state index in [9.17, 15) is 25.2 Å². The summed E-state index contributed by atoms with van der Waals surface area (Å²) in [5.41, 5.74) is 0.917. The minimum absolute atomic E-state index is 0.189. The van der Waals surface area contributed by atoms with Crippen molar-refractivity contribution < 1.29 is 34.7 Å². The SMILES string of the molecule is O=C(c1ccc(Cl)cc1)c1ccc(O[C@@H]2O[C@H](CO)[C@@H](O)[C@H](O)[C@H]2O)cc1. The van der Waals surface area contributed by atoms with Crippen LogP contribution in [0.15, 0.2) is 48.5 Å². The number of rotatable bonds is 5. The molecule has 27 heavy (non-hydrogen) atoms. The van der Waals surface area contributed by atoms with E-state index in [0.717, 1.165) is 0 Å². The number of aliphatic hydroxyl groups excluding tert-OH is 4. The summed E-state index contributed by atoms with van der Waals surface area (Å²) in [6.07, 6.45) is -6.81. The molecule has 5 atom stereocenters. The van der Waals surface area contributed by atoms with Gasteiger partial charge in [0, 0.05) is 16.1 Å². The maximum Gasteiger partial charge on any atom is 0.229 e. The van der Waals surface area contributed by atoms with Gasteiger partial charge in [0.25, 0.3) is 0 Å². The molecule has 1 aliphatic rings. The van der Waals surface area contributed by atoms with Crippen LogP contribution in [0.3, 0.4) is 0 Å². The first-order valence-electron chi connectivity index (χ1n) is 8.28. The Kier molecular flexibility index (Phi) is 6.11. The molecule has 1 aliphatic heterocycles. The molecule has 1 saturated heterocycles. The zero-order valence-corrected chi connectivity index (χ0v) is 14.9. The molecule has 0 aliphatic carbocycles. The Morgan fingerprint density at radius 3 is 2.04 bits per heavy atom. The molecule has 8 heteroatoms. The van der Waals surface area contributed by atoms with Gasteiger partial charge in [0.15, 0.2) is 5.78 Å². The number of benzene rings is 2. The first-order valence-corrected chi connectivity index (χ1v) is 8.66. The summed E-state index contributed by atoms with van der Waals surface area (Å²) in [6.45, 7) is -0.542. The molecule has 1 heterocycles. The van der Waals surface area contributed by atoms with Crippen LogP contribution < -0.4 is 4.74 Å². The third-order valence-electron chi connectivity index (χ3n) is 4.32. The van der Waals surface area contributed by atoms with Crippen LogP contribution >= 0.6 is 11.6 Å². The van der Waals surface area contributed by atoms with Gasteiger partial charge in [0.1, 0.15) is 30.2 Å². The van der Waals surface area contributed by atoms with Gasteiger partial charge in [-0.3, -0.25) is 4.79 Å². The van der Waals surface area contributed by atoms with Gasteiger partial charge < -0.3 is 29.9 Å². The predicted molar refractivity (Wildman–Crippen MR) is 95.7 cm³/mol. The Labute approximate surface area is 160 Å². The standard InChI is InChI=1S/C19H19ClO7/c20-12-5-1-10(2-6-12)15(22)11-3-7-13(8-4-11)26-19-18(25)17(24)16(23)14(9-21)27-19/h1-8,14,16-19,21,23-25H,9H2/t14-,16-,17+,18-,19-/m1/s1. The van der Waals surface area contributed by atoms with Gasteiger partial charge in [-0.15, -0.1) is 0 Å². The lowest BCUT2D eigenvalue weighted by Gasteiger charge is -2.39. The second-order valence-electron chi connectivity index (χ2n) is 6.18. The van der Waals surface area contributed by atoms with E-state index in [0.29, 0.717) is 16.1 Å². The molecule has 7 nitrogen and oxygen atoms in total. The summed E-state index contributed by atoms with van der Waals surface area (Å²) >= 11 is 5.82. The Morgan fingerprint density at radius 2 is 1.48 bits per heavy atom.